The van der Waals surface area contributed by atoms with Crippen molar-refractivity contribution >= 4 is 11.4 Å². The Balaban J connectivity index is 1.92. The fourth-order valence-corrected chi connectivity index (χ4v) is 3.15. The average Bonchev–Trinajstić information content (AvgIpc) is 2.57. The SMILES string of the molecule is CCCCC(CC)CN1c2ccccc2Oc2ccccc21. The summed E-state index contributed by atoms with van der Waals surface area (Å²) in [4.78, 5) is 2.44. The van der Waals surface area contributed by atoms with Crippen LogP contribution in [0.2, 0.25) is 0 Å². The predicted molar refractivity (Wildman–Crippen MR) is 93.3 cm³/mol. The van der Waals surface area contributed by atoms with E-state index in [-0.39, 0.29) is 0 Å². The van der Waals surface area contributed by atoms with Gasteiger partial charge in [-0.25, -0.2) is 0 Å². The lowest BCUT2D eigenvalue weighted by molar-refractivity contribution is 0.438. The number of ether oxygens (including phenoxy) is 1. The molecule has 0 amide bonds. The lowest BCUT2D eigenvalue weighted by atomic mass is 9.97. The summed E-state index contributed by atoms with van der Waals surface area (Å²) in [5.74, 6) is 2.65. The molecule has 0 saturated carbocycles. The summed E-state index contributed by atoms with van der Waals surface area (Å²) in [7, 11) is 0. The summed E-state index contributed by atoms with van der Waals surface area (Å²) in [6.45, 7) is 5.64. The number of hydrogen-bond acceptors (Lipinski definition) is 2. The molecule has 0 radical (unpaired) electrons. The molecule has 0 spiro atoms. The molecule has 1 aliphatic heterocycles. The van der Waals surface area contributed by atoms with E-state index < -0.39 is 0 Å². The molecule has 0 saturated heterocycles. The third-order valence-electron chi connectivity index (χ3n) is 4.52. The van der Waals surface area contributed by atoms with Gasteiger partial charge in [0.25, 0.3) is 0 Å². The minimum Gasteiger partial charge on any atom is -0.453 e. The molecule has 0 N–H and O–H groups in total. The van der Waals surface area contributed by atoms with Crippen molar-refractivity contribution in [1.29, 1.82) is 0 Å². The first kappa shape index (κ1) is 15.0. The summed E-state index contributed by atoms with van der Waals surface area (Å²) < 4.78 is 6.06. The summed E-state index contributed by atoms with van der Waals surface area (Å²) in [6, 6.07) is 16.7. The second-order valence-electron chi connectivity index (χ2n) is 6.06. The standard InChI is InChI=1S/C20H25NO/c1-3-5-10-16(4-2)15-21-17-11-6-8-13-19(17)22-20-14-9-7-12-18(20)21/h6-9,11-14,16H,3-5,10,15H2,1-2H3. The van der Waals surface area contributed by atoms with Crippen LogP contribution in [-0.2, 0) is 0 Å². The Kier molecular flexibility index (Phi) is 4.67. The van der Waals surface area contributed by atoms with Gasteiger partial charge in [0.2, 0.25) is 0 Å². The monoisotopic (exact) mass is 295 g/mol. The van der Waals surface area contributed by atoms with Gasteiger partial charge >= 0.3 is 0 Å². The third kappa shape index (κ3) is 2.96. The van der Waals surface area contributed by atoms with Crippen LogP contribution in [0.15, 0.2) is 48.5 Å². The molecule has 2 nitrogen and oxygen atoms in total. The van der Waals surface area contributed by atoms with E-state index in [1.54, 1.807) is 0 Å². The minimum absolute atomic E-state index is 0.721. The van der Waals surface area contributed by atoms with Gasteiger partial charge in [-0.05, 0) is 36.6 Å². The molecule has 1 aliphatic rings. The first-order valence-corrected chi connectivity index (χ1v) is 8.47. The van der Waals surface area contributed by atoms with Crippen LogP contribution in [0, 0.1) is 5.92 Å². The Morgan fingerprint density at radius 2 is 1.50 bits per heavy atom. The van der Waals surface area contributed by atoms with Gasteiger partial charge in [-0.15, -0.1) is 0 Å². The molecule has 2 aromatic rings. The zero-order chi connectivity index (χ0) is 15.4. The molecule has 0 fully saturated rings. The first-order valence-electron chi connectivity index (χ1n) is 8.47. The fraction of sp³-hybridized carbons (Fsp3) is 0.400. The zero-order valence-electron chi connectivity index (χ0n) is 13.6. The van der Waals surface area contributed by atoms with Gasteiger partial charge in [0.05, 0.1) is 11.4 Å². The summed E-state index contributed by atoms with van der Waals surface area (Å²) in [6.07, 6.45) is 5.11. The highest BCUT2D eigenvalue weighted by molar-refractivity contribution is 5.77. The van der Waals surface area contributed by atoms with E-state index in [0.29, 0.717) is 0 Å². The Labute approximate surface area is 133 Å². The molecule has 0 aliphatic carbocycles. The molecule has 2 aromatic carbocycles. The summed E-state index contributed by atoms with van der Waals surface area (Å²) in [5.41, 5.74) is 2.38. The lowest BCUT2D eigenvalue weighted by Gasteiger charge is -2.35. The topological polar surface area (TPSA) is 12.5 Å². The number of rotatable bonds is 6. The van der Waals surface area contributed by atoms with E-state index in [2.05, 4.69) is 55.1 Å². The van der Waals surface area contributed by atoms with Gasteiger partial charge in [-0.2, -0.15) is 0 Å². The van der Waals surface area contributed by atoms with E-state index in [9.17, 15) is 0 Å². The maximum absolute atomic E-state index is 6.06. The van der Waals surface area contributed by atoms with Crippen LogP contribution in [0.5, 0.6) is 11.5 Å². The highest BCUT2D eigenvalue weighted by Gasteiger charge is 2.25. The molecular weight excluding hydrogens is 270 g/mol. The lowest BCUT2D eigenvalue weighted by Crippen LogP contribution is -2.27. The van der Waals surface area contributed by atoms with Crippen molar-refractivity contribution in [2.24, 2.45) is 5.92 Å². The smallest absolute Gasteiger partial charge is 0.151 e. The van der Waals surface area contributed by atoms with Crippen molar-refractivity contribution in [2.75, 3.05) is 11.4 Å². The van der Waals surface area contributed by atoms with Crippen LogP contribution in [-0.4, -0.2) is 6.54 Å². The fourth-order valence-electron chi connectivity index (χ4n) is 3.15. The number of hydrogen-bond donors (Lipinski definition) is 0. The van der Waals surface area contributed by atoms with Gasteiger partial charge < -0.3 is 9.64 Å². The van der Waals surface area contributed by atoms with E-state index in [0.717, 1.165) is 24.0 Å². The molecule has 0 aromatic heterocycles. The second kappa shape index (κ2) is 6.87. The highest BCUT2D eigenvalue weighted by Crippen LogP contribution is 2.46. The van der Waals surface area contributed by atoms with Crippen LogP contribution >= 0.6 is 0 Å². The average molecular weight is 295 g/mol. The van der Waals surface area contributed by atoms with Crippen molar-refractivity contribution in [3.05, 3.63) is 48.5 Å². The molecule has 0 bridgehead atoms. The summed E-state index contributed by atoms with van der Waals surface area (Å²) >= 11 is 0. The Hall–Kier alpha value is -1.96. The number of anilines is 2. The van der Waals surface area contributed by atoms with Crippen LogP contribution in [0.1, 0.15) is 39.5 Å². The number of fused-ring (bicyclic) bond motifs is 2. The third-order valence-corrected chi connectivity index (χ3v) is 4.52. The molecule has 1 unspecified atom stereocenters. The van der Waals surface area contributed by atoms with E-state index in [1.807, 2.05) is 12.1 Å². The zero-order valence-corrected chi connectivity index (χ0v) is 13.6. The molecular formula is C20H25NO. The van der Waals surface area contributed by atoms with Crippen LogP contribution < -0.4 is 9.64 Å². The Bertz CT molecular complexity index is 577. The Morgan fingerprint density at radius 1 is 0.909 bits per heavy atom. The van der Waals surface area contributed by atoms with E-state index in [4.69, 9.17) is 4.74 Å². The first-order chi connectivity index (χ1) is 10.8. The molecule has 1 atom stereocenters. The maximum atomic E-state index is 6.06. The van der Waals surface area contributed by atoms with Crippen molar-refractivity contribution in [3.63, 3.8) is 0 Å². The largest absolute Gasteiger partial charge is 0.453 e. The number of para-hydroxylation sites is 4. The van der Waals surface area contributed by atoms with Gasteiger partial charge in [-0.3, -0.25) is 0 Å². The normalized spacial score (nSPS) is 14.0. The quantitative estimate of drug-likeness (QED) is 0.634. The molecule has 3 rings (SSSR count). The Morgan fingerprint density at radius 3 is 2.05 bits per heavy atom. The van der Waals surface area contributed by atoms with Crippen LogP contribution in [0.3, 0.4) is 0 Å². The molecule has 1 heterocycles. The van der Waals surface area contributed by atoms with Crippen LogP contribution in [0.25, 0.3) is 0 Å². The van der Waals surface area contributed by atoms with E-state index in [1.165, 1.54) is 37.1 Å². The second-order valence-corrected chi connectivity index (χ2v) is 6.06. The van der Waals surface area contributed by atoms with Gasteiger partial charge in [0.1, 0.15) is 0 Å². The maximum Gasteiger partial charge on any atom is 0.151 e. The number of unbranched alkanes of at least 4 members (excludes halogenated alkanes) is 1. The molecule has 2 heteroatoms. The predicted octanol–water partition coefficient (Wildman–Crippen LogP) is 6.15. The van der Waals surface area contributed by atoms with Gasteiger partial charge in [-0.1, -0.05) is 57.4 Å². The van der Waals surface area contributed by atoms with Gasteiger partial charge in [0, 0.05) is 6.54 Å². The number of nitrogens with zero attached hydrogens (tertiary/aromatic N) is 1. The molecule has 116 valence electrons. The van der Waals surface area contributed by atoms with Gasteiger partial charge in [0.15, 0.2) is 11.5 Å². The summed E-state index contributed by atoms with van der Waals surface area (Å²) in [5, 5.41) is 0. The van der Waals surface area contributed by atoms with Crippen molar-refractivity contribution in [3.8, 4) is 11.5 Å². The highest BCUT2D eigenvalue weighted by atomic mass is 16.5. The van der Waals surface area contributed by atoms with E-state index >= 15 is 0 Å². The van der Waals surface area contributed by atoms with Crippen molar-refractivity contribution < 1.29 is 4.74 Å². The van der Waals surface area contributed by atoms with Crippen LogP contribution in [0.4, 0.5) is 11.4 Å². The number of benzene rings is 2. The minimum atomic E-state index is 0.721. The van der Waals surface area contributed by atoms with Crippen molar-refractivity contribution in [1.82, 2.24) is 0 Å². The van der Waals surface area contributed by atoms with Crippen molar-refractivity contribution in [2.45, 2.75) is 39.5 Å². The molecule has 22 heavy (non-hydrogen) atoms.